The number of carboxylic acid groups (broad SMARTS) is 1. The Morgan fingerprint density at radius 2 is 1.49 bits per heavy atom. The molecule has 3 rings (SSSR count). The van der Waals surface area contributed by atoms with Crippen molar-refractivity contribution in [3.63, 3.8) is 0 Å². The lowest BCUT2D eigenvalue weighted by Gasteiger charge is -2.23. The van der Waals surface area contributed by atoms with Crippen LogP contribution >= 0.6 is 0 Å². The third-order valence-electron chi connectivity index (χ3n) is 6.14. The molecule has 4 unspecified atom stereocenters. The number of hydrogen-bond acceptors (Lipinski definition) is 6. The highest BCUT2D eigenvalue weighted by Crippen LogP contribution is 2.19. The van der Waals surface area contributed by atoms with Crippen molar-refractivity contribution in [1.29, 1.82) is 0 Å². The first-order chi connectivity index (χ1) is 18.5. The number of H-pyrrole nitrogens is 1. The molecule has 0 aliphatic carbocycles. The number of benzene rings is 2. The normalized spacial score (nSPS) is 14.0. The lowest BCUT2D eigenvalue weighted by Crippen LogP contribution is -2.57. The molecule has 0 saturated carbocycles. The topological polar surface area (TPSA) is 209 Å². The highest BCUT2D eigenvalue weighted by molar-refractivity contribution is 5.95. The van der Waals surface area contributed by atoms with Gasteiger partial charge in [-0.1, -0.05) is 48.5 Å². The van der Waals surface area contributed by atoms with Crippen molar-refractivity contribution in [3.05, 3.63) is 71.9 Å². The molecule has 3 aromatic rings. The Balaban J connectivity index is 1.67. The van der Waals surface area contributed by atoms with Crippen molar-refractivity contribution in [1.82, 2.24) is 20.9 Å². The summed E-state index contributed by atoms with van der Waals surface area (Å²) in [4.78, 5) is 64.6. The summed E-state index contributed by atoms with van der Waals surface area (Å²) in [5.41, 5.74) is 13.1. The maximum Gasteiger partial charge on any atom is 0.326 e. The lowest BCUT2D eigenvalue weighted by atomic mass is 10.0. The van der Waals surface area contributed by atoms with Gasteiger partial charge in [-0.2, -0.15) is 0 Å². The molecule has 12 nitrogen and oxygen atoms in total. The number of para-hydroxylation sites is 1. The first-order valence-electron chi connectivity index (χ1n) is 12.3. The molecular formula is C27H32N6O6. The highest BCUT2D eigenvalue weighted by Gasteiger charge is 2.29. The largest absolute Gasteiger partial charge is 0.480 e. The van der Waals surface area contributed by atoms with Crippen LogP contribution in [0.5, 0.6) is 0 Å². The summed E-state index contributed by atoms with van der Waals surface area (Å²) >= 11 is 0. The summed E-state index contributed by atoms with van der Waals surface area (Å²) in [6.45, 7) is 1.40. The minimum Gasteiger partial charge on any atom is -0.480 e. The summed E-state index contributed by atoms with van der Waals surface area (Å²) in [5, 5.41) is 18.1. The van der Waals surface area contributed by atoms with E-state index in [1.165, 1.54) is 6.92 Å². The van der Waals surface area contributed by atoms with Crippen molar-refractivity contribution >= 4 is 40.5 Å². The molecule has 9 N–H and O–H groups in total. The van der Waals surface area contributed by atoms with E-state index in [4.69, 9.17) is 11.5 Å². The van der Waals surface area contributed by atoms with E-state index in [0.717, 1.165) is 16.5 Å². The van der Waals surface area contributed by atoms with Crippen molar-refractivity contribution in [2.75, 3.05) is 0 Å². The minimum atomic E-state index is -1.25. The van der Waals surface area contributed by atoms with Crippen LogP contribution in [0.4, 0.5) is 0 Å². The predicted octanol–water partition coefficient (Wildman–Crippen LogP) is -0.285. The summed E-state index contributed by atoms with van der Waals surface area (Å²) in [6.07, 6.45) is 1.39. The predicted molar refractivity (Wildman–Crippen MR) is 143 cm³/mol. The van der Waals surface area contributed by atoms with Crippen LogP contribution < -0.4 is 27.4 Å². The minimum absolute atomic E-state index is 0.0240. The van der Waals surface area contributed by atoms with E-state index >= 15 is 0 Å². The molecule has 39 heavy (non-hydrogen) atoms. The van der Waals surface area contributed by atoms with Crippen LogP contribution in [0.2, 0.25) is 0 Å². The molecule has 4 atom stereocenters. The number of rotatable bonds is 13. The first-order valence-corrected chi connectivity index (χ1v) is 12.3. The maximum absolute atomic E-state index is 13.1. The summed E-state index contributed by atoms with van der Waals surface area (Å²) in [5.74, 6) is -4.17. The Hall–Kier alpha value is -4.71. The molecule has 206 valence electrons. The number of amides is 4. The third-order valence-corrected chi connectivity index (χ3v) is 6.14. The molecule has 0 radical (unpaired) electrons. The molecule has 4 amide bonds. The summed E-state index contributed by atoms with van der Waals surface area (Å²) < 4.78 is 0. The number of aromatic nitrogens is 1. The van der Waals surface area contributed by atoms with E-state index in [1.54, 1.807) is 36.5 Å². The second kappa shape index (κ2) is 13.2. The second-order valence-corrected chi connectivity index (χ2v) is 9.22. The van der Waals surface area contributed by atoms with E-state index < -0.39 is 60.2 Å². The van der Waals surface area contributed by atoms with Crippen LogP contribution in [0.15, 0.2) is 60.8 Å². The van der Waals surface area contributed by atoms with Gasteiger partial charge in [0.2, 0.25) is 23.6 Å². The Bertz CT molecular complexity index is 1340. The van der Waals surface area contributed by atoms with E-state index in [-0.39, 0.29) is 12.8 Å². The fourth-order valence-electron chi connectivity index (χ4n) is 4.04. The van der Waals surface area contributed by atoms with Gasteiger partial charge >= 0.3 is 5.97 Å². The Kier molecular flexibility index (Phi) is 9.76. The van der Waals surface area contributed by atoms with E-state index in [0.29, 0.717) is 5.56 Å². The van der Waals surface area contributed by atoms with Gasteiger partial charge in [0.25, 0.3) is 0 Å². The molecule has 2 aromatic carbocycles. The number of nitrogens with two attached hydrogens (primary N) is 2. The maximum atomic E-state index is 13.1. The SMILES string of the molecule is CC(NC(=O)C(Cc1ccccc1)NC(=O)C(N)CC(N)=O)C(=O)NC(Cc1c[nH]c2ccccc12)C(=O)O. The fourth-order valence-corrected chi connectivity index (χ4v) is 4.04. The molecule has 0 saturated heterocycles. The van der Waals surface area contributed by atoms with Crippen molar-refractivity contribution in [2.45, 2.75) is 50.4 Å². The van der Waals surface area contributed by atoms with Gasteiger partial charge in [0.05, 0.1) is 12.5 Å². The third kappa shape index (κ3) is 8.14. The monoisotopic (exact) mass is 536 g/mol. The van der Waals surface area contributed by atoms with Gasteiger partial charge in [0.1, 0.15) is 18.1 Å². The summed E-state index contributed by atoms with van der Waals surface area (Å²) in [6, 6.07) is 11.5. The second-order valence-electron chi connectivity index (χ2n) is 9.22. The van der Waals surface area contributed by atoms with Crippen LogP contribution in [0.3, 0.4) is 0 Å². The number of aliphatic carboxylic acids is 1. The van der Waals surface area contributed by atoms with E-state index in [2.05, 4.69) is 20.9 Å². The van der Waals surface area contributed by atoms with Crippen LogP contribution in [-0.4, -0.2) is 63.9 Å². The number of hydrogen-bond donors (Lipinski definition) is 7. The number of carbonyl (C=O) groups is 5. The molecule has 12 heteroatoms. The Morgan fingerprint density at radius 1 is 0.846 bits per heavy atom. The number of aromatic amines is 1. The molecule has 1 aromatic heterocycles. The highest BCUT2D eigenvalue weighted by atomic mass is 16.4. The first kappa shape index (κ1) is 28.9. The molecule has 0 aliphatic heterocycles. The average molecular weight is 537 g/mol. The Morgan fingerprint density at radius 3 is 2.15 bits per heavy atom. The van der Waals surface area contributed by atoms with Crippen LogP contribution in [0, 0.1) is 0 Å². The van der Waals surface area contributed by atoms with E-state index in [1.807, 2.05) is 24.3 Å². The number of fused-ring (bicyclic) bond motifs is 1. The Labute approximate surface area is 224 Å². The van der Waals surface area contributed by atoms with Gasteiger partial charge in [0, 0.05) is 29.9 Å². The standard InChI is InChI=1S/C27H32N6O6/c1-15(24(35)33-22(27(38)39)12-17-14-30-20-10-6-5-9-18(17)20)31-26(37)21(11-16-7-3-2-4-8-16)32-25(36)19(28)13-23(29)34/h2-10,14-15,19,21-22,30H,11-13,28H2,1H3,(H2,29,34)(H,31,37)(H,32,36)(H,33,35)(H,38,39). The van der Waals surface area contributed by atoms with Gasteiger partial charge in [-0.25, -0.2) is 4.79 Å². The van der Waals surface area contributed by atoms with Crippen molar-refractivity contribution in [3.8, 4) is 0 Å². The molecule has 0 fully saturated rings. The van der Waals surface area contributed by atoms with Crippen LogP contribution in [-0.2, 0) is 36.8 Å². The summed E-state index contributed by atoms with van der Waals surface area (Å²) in [7, 11) is 0. The molecule has 0 aliphatic rings. The zero-order chi connectivity index (χ0) is 28.5. The molecule has 0 spiro atoms. The number of primary amides is 1. The number of carboxylic acids is 1. The fraction of sp³-hybridized carbons (Fsp3) is 0.296. The smallest absolute Gasteiger partial charge is 0.326 e. The lowest BCUT2D eigenvalue weighted by molar-refractivity contribution is -0.142. The molecule has 1 heterocycles. The zero-order valence-corrected chi connectivity index (χ0v) is 21.3. The van der Waals surface area contributed by atoms with Crippen LogP contribution in [0.1, 0.15) is 24.5 Å². The van der Waals surface area contributed by atoms with Gasteiger partial charge in [-0.05, 0) is 24.1 Å². The quantitative estimate of drug-likeness (QED) is 0.155. The van der Waals surface area contributed by atoms with Gasteiger partial charge in [-0.15, -0.1) is 0 Å². The van der Waals surface area contributed by atoms with Gasteiger partial charge in [-0.3, -0.25) is 19.2 Å². The van der Waals surface area contributed by atoms with Gasteiger partial charge < -0.3 is 37.5 Å². The van der Waals surface area contributed by atoms with Crippen molar-refractivity contribution < 1.29 is 29.1 Å². The zero-order valence-electron chi connectivity index (χ0n) is 21.3. The number of carbonyl (C=O) groups excluding carboxylic acids is 4. The van der Waals surface area contributed by atoms with Crippen molar-refractivity contribution in [2.24, 2.45) is 11.5 Å². The van der Waals surface area contributed by atoms with Crippen LogP contribution in [0.25, 0.3) is 10.9 Å². The number of nitrogens with one attached hydrogen (secondary N) is 4. The average Bonchev–Trinajstić information content (AvgIpc) is 3.30. The van der Waals surface area contributed by atoms with E-state index in [9.17, 15) is 29.1 Å². The molecular weight excluding hydrogens is 504 g/mol. The van der Waals surface area contributed by atoms with Gasteiger partial charge in [0.15, 0.2) is 0 Å². The molecule has 0 bridgehead atoms.